The highest BCUT2D eigenvalue weighted by Crippen LogP contribution is 2.11. The van der Waals surface area contributed by atoms with Crippen LogP contribution in [0.5, 0.6) is 0 Å². The minimum Gasteiger partial charge on any atom is -0.319 e. The second-order valence-electron chi connectivity index (χ2n) is 2.97. The topological polar surface area (TPSA) is 24.1 Å². The van der Waals surface area contributed by atoms with Crippen molar-refractivity contribution in [1.29, 1.82) is 0 Å². The van der Waals surface area contributed by atoms with E-state index in [-0.39, 0.29) is 0 Å². The van der Waals surface area contributed by atoms with Gasteiger partial charge in [0.1, 0.15) is 0 Å². The van der Waals surface area contributed by atoms with Crippen molar-refractivity contribution in [1.82, 2.24) is 10.6 Å². The van der Waals surface area contributed by atoms with E-state index < -0.39 is 0 Å². The molecule has 0 aromatic carbocycles. The van der Waals surface area contributed by atoms with Gasteiger partial charge >= 0.3 is 0 Å². The van der Waals surface area contributed by atoms with Crippen molar-refractivity contribution in [2.45, 2.75) is 19.4 Å². The third-order valence-corrected chi connectivity index (χ3v) is 1.93. The fourth-order valence-corrected chi connectivity index (χ4v) is 1.48. The van der Waals surface area contributed by atoms with Crippen molar-refractivity contribution >= 4 is 0 Å². The Labute approximate surface area is 57.0 Å². The minimum absolute atomic E-state index is 0.739. The molecule has 0 aliphatic carbocycles. The van der Waals surface area contributed by atoms with Crippen molar-refractivity contribution < 1.29 is 0 Å². The van der Waals surface area contributed by atoms with E-state index in [9.17, 15) is 0 Å². The van der Waals surface area contributed by atoms with Gasteiger partial charge < -0.3 is 10.6 Å². The summed E-state index contributed by atoms with van der Waals surface area (Å²) >= 11 is 0. The first-order chi connectivity index (χ1) is 4.33. The Hall–Kier alpha value is -0.0800. The second-order valence-corrected chi connectivity index (χ2v) is 2.97. The molecule has 9 heavy (non-hydrogen) atoms. The van der Waals surface area contributed by atoms with Crippen molar-refractivity contribution in [3.8, 4) is 0 Å². The number of rotatable bonds is 2. The van der Waals surface area contributed by atoms with Gasteiger partial charge in [-0.3, -0.25) is 0 Å². The van der Waals surface area contributed by atoms with Gasteiger partial charge in [0.15, 0.2) is 0 Å². The summed E-state index contributed by atoms with van der Waals surface area (Å²) in [4.78, 5) is 0. The summed E-state index contributed by atoms with van der Waals surface area (Å²) in [6, 6.07) is 0.739. The molecule has 0 saturated carbocycles. The van der Waals surface area contributed by atoms with E-state index in [0.717, 1.165) is 18.5 Å². The lowest BCUT2D eigenvalue weighted by molar-refractivity contribution is 0.533. The summed E-state index contributed by atoms with van der Waals surface area (Å²) in [7, 11) is 2.02. The number of hydrogen-bond acceptors (Lipinski definition) is 2. The van der Waals surface area contributed by atoms with E-state index in [2.05, 4.69) is 17.6 Å². The Morgan fingerprint density at radius 2 is 2.44 bits per heavy atom. The fourth-order valence-electron chi connectivity index (χ4n) is 1.48. The molecule has 1 unspecified atom stereocenters. The summed E-state index contributed by atoms with van der Waals surface area (Å²) in [6.45, 7) is 4.61. The minimum atomic E-state index is 0.739. The molecule has 2 nitrogen and oxygen atoms in total. The first-order valence-electron chi connectivity index (χ1n) is 3.71. The summed E-state index contributed by atoms with van der Waals surface area (Å²) in [5.41, 5.74) is 0. The third kappa shape index (κ3) is 1.95. The molecular formula is C7H16N2. The monoisotopic (exact) mass is 128 g/mol. The highest BCUT2D eigenvalue weighted by Gasteiger charge is 2.18. The predicted molar refractivity (Wildman–Crippen MR) is 39.5 cm³/mol. The molecule has 2 N–H and O–H groups in total. The molecule has 1 fully saturated rings. The van der Waals surface area contributed by atoms with Gasteiger partial charge in [-0.2, -0.15) is 0 Å². The van der Waals surface area contributed by atoms with E-state index >= 15 is 0 Å². The average molecular weight is 128 g/mol. The van der Waals surface area contributed by atoms with Crippen molar-refractivity contribution in [2.75, 3.05) is 20.1 Å². The predicted octanol–water partition coefficient (Wildman–Crippen LogP) is 0.204. The molecule has 1 heterocycles. The van der Waals surface area contributed by atoms with Crippen LogP contribution in [0.4, 0.5) is 0 Å². The van der Waals surface area contributed by atoms with Crippen molar-refractivity contribution in [2.24, 2.45) is 5.92 Å². The molecule has 0 bridgehead atoms. The van der Waals surface area contributed by atoms with Crippen LogP contribution < -0.4 is 10.6 Å². The van der Waals surface area contributed by atoms with Crippen LogP contribution in [0, 0.1) is 5.92 Å². The molecule has 1 saturated heterocycles. The fraction of sp³-hybridized carbons (Fsp3) is 1.00. The Morgan fingerprint density at radius 1 is 1.67 bits per heavy atom. The first-order valence-corrected chi connectivity index (χ1v) is 3.71. The van der Waals surface area contributed by atoms with Crippen LogP contribution in [0.15, 0.2) is 0 Å². The summed E-state index contributed by atoms with van der Waals surface area (Å²) < 4.78 is 0. The zero-order chi connectivity index (χ0) is 6.69. The maximum absolute atomic E-state index is 3.41. The number of nitrogens with one attached hydrogen (secondary N) is 2. The van der Waals surface area contributed by atoms with Crippen LogP contribution in [-0.4, -0.2) is 26.2 Å². The van der Waals surface area contributed by atoms with Gasteiger partial charge in [-0.1, -0.05) is 0 Å². The van der Waals surface area contributed by atoms with Gasteiger partial charge in [-0.25, -0.2) is 0 Å². The molecule has 0 radical (unpaired) electrons. The van der Waals surface area contributed by atoms with E-state index in [0.29, 0.717) is 0 Å². The Bertz CT molecular complexity index is 81.0. The highest BCUT2D eigenvalue weighted by atomic mass is 15.0. The molecule has 2 heteroatoms. The van der Waals surface area contributed by atoms with Crippen LogP contribution in [0.3, 0.4) is 0 Å². The van der Waals surface area contributed by atoms with Gasteiger partial charge in [0.2, 0.25) is 0 Å². The van der Waals surface area contributed by atoms with Gasteiger partial charge in [0.25, 0.3) is 0 Å². The smallest absolute Gasteiger partial charge is 0.00424 e. The standard InChI is InChI=1S/C7H16N2/c1-6-3-7(4-8-2)5-9-6/h6-9H,3-5H2,1-2H3/t6?,7-/m1/s1. The molecule has 0 spiro atoms. The molecule has 0 amide bonds. The Morgan fingerprint density at radius 3 is 2.89 bits per heavy atom. The van der Waals surface area contributed by atoms with Crippen LogP contribution in [0.25, 0.3) is 0 Å². The SMILES string of the molecule is CNC[C@@H]1CNC(C)C1. The molecule has 1 aliphatic rings. The number of hydrogen-bond donors (Lipinski definition) is 2. The van der Waals surface area contributed by atoms with Crippen LogP contribution >= 0.6 is 0 Å². The maximum Gasteiger partial charge on any atom is 0.00424 e. The molecular weight excluding hydrogens is 112 g/mol. The summed E-state index contributed by atoms with van der Waals surface area (Å²) in [5.74, 6) is 0.866. The zero-order valence-corrected chi connectivity index (χ0v) is 6.28. The molecule has 0 aromatic heterocycles. The maximum atomic E-state index is 3.41. The summed E-state index contributed by atoms with van der Waals surface area (Å²) in [6.07, 6.45) is 1.33. The summed E-state index contributed by atoms with van der Waals surface area (Å²) in [5, 5.41) is 6.60. The van der Waals surface area contributed by atoms with Crippen molar-refractivity contribution in [3.05, 3.63) is 0 Å². The Kier molecular flexibility index (Phi) is 2.49. The Balaban J connectivity index is 2.14. The third-order valence-electron chi connectivity index (χ3n) is 1.93. The normalized spacial score (nSPS) is 35.3. The molecule has 1 aliphatic heterocycles. The van der Waals surface area contributed by atoms with Crippen molar-refractivity contribution in [3.63, 3.8) is 0 Å². The van der Waals surface area contributed by atoms with Gasteiger partial charge in [0, 0.05) is 6.04 Å². The van der Waals surface area contributed by atoms with E-state index in [1.54, 1.807) is 0 Å². The largest absolute Gasteiger partial charge is 0.319 e. The highest BCUT2D eigenvalue weighted by molar-refractivity contribution is 4.78. The molecule has 1 rings (SSSR count). The average Bonchev–Trinajstić information content (AvgIpc) is 2.17. The van der Waals surface area contributed by atoms with Crippen LogP contribution in [0.1, 0.15) is 13.3 Å². The van der Waals surface area contributed by atoms with E-state index in [1.165, 1.54) is 13.0 Å². The van der Waals surface area contributed by atoms with E-state index in [1.807, 2.05) is 7.05 Å². The quantitative estimate of drug-likeness (QED) is 0.555. The zero-order valence-electron chi connectivity index (χ0n) is 6.28. The lowest BCUT2D eigenvalue weighted by Crippen LogP contribution is -2.21. The van der Waals surface area contributed by atoms with Crippen LogP contribution in [0.2, 0.25) is 0 Å². The van der Waals surface area contributed by atoms with Gasteiger partial charge in [-0.05, 0) is 39.4 Å². The van der Waals surface area contributed by atoms with Gasteiger partial charge in [-0.15, -0.1) is 0 Å². The first kappa shape index (κ1) is 7.03. The molecule has 2 atom stereocenters. The lowest BCUT2D eigenvalue weighted by atomic mass is 10.1. The second kappa shape index (κ2) is 3.18. The molecule has 54 valence electrons. The van der Waals surface area contributed by atoms with E-state index in [4.69, 9.17) is 0 Å². The lowest BCUT2D eigenvalue weighted by Gasteiger charge is -2.04. The molecule has 0 aromatic rings. The van der Waals surface area contributed by atoms with Crippen LogP contribution in [-0.2, 0) is 0 Å². The van der Waals surface area contributed by atoms with Gasteiger partial charge in [0.05, 0.1) is 0 Å².